The zero-order chi connectivity index (χ0) is 17.9. The molecule has 8 heteroatoms. The van der Waals surface area contributed by atoms with Crippen molar-refractivity contribution in [3.63, 3.8) is 0 Å². The molecule has 26 heavy (non-hydrogen) atoms. The van der Waals surface area contributed by atoms with E-state index < -0.39 is 0 Å². The summed E-state index contributed by atoms with van der Waals surface area (Å²) in [7, 11) is 0. The van der Waals surface area contributed by atoms with Gasteiger partial charge in [-0.2, -0.15) is 19.6 Å². The lowest BCUT2D eigenvalue weighted by Gasteiger charge is -2.25. The van der Waals surface area contributed by atoms with Gasteiger partial charge < -0.3 is 20.7 Å². The van der Waals surface area contributed by atoms with Crippen LogP contribution in [-0.4, -0.2) is 58.0 Å². The number of aromatic nitrogens is 4. The second kappa shape index (κ2) is 7.75. The average Bonchev–Trinajstić information content (AvgIpc) is 3.08. The van der Waals surface area contributed by atoms with Crippen LogP contribution in [0, 0.1) is 0 Å². The highest BCUT2D eigenvalue weighted by atomic mass is 16.5. The Hall–Kier alpha value is -1.93. The van der Waals surface area contributed by atoms with Crippen LogP contribution in [-0.2, 0) is 4.74 Å². The Morgan fingerprint density at radius 1 is 1.08 bits per heavy atom. The molecule has 2 aromatic rings. The molecule has 0 amide bonds. The average molecular weight is 359 g/mol. The van der Waals surface area contributed by atoms with Gasteiger partial charge in [0.05, 0.1) is 6.20 Å². The Labute approximate surface area is 154 Å². The highest BCUT2D eigenvalue weighted by molar-refractivity contribution is 5.56. The molecule has 4 heterocycles. The Morgan fingerprint density at radius 2 is 1.81 bits per heavy atom. The van der Waals surface area contributed by atoms with Gasteiger partial charge in [-0.15, -0.1) is 0 Å². The summed E-state index contributed by atoms with van der Waals surface area (Å²) in [6, 6.07) is 0.778. The van der Waals surface area contributed by atoms with E-state index in [1.165, 1.54) is 0 Å². The maximum atomic E-state index is 5.46. The van der Waals surface area contributed by atoms with Crippen LogP contribution in [0.5, 0.6) is 0 Å². The second-order valence-electron chi connectivity index (χ2n) is 7.56. The fraction of sp³-hybridized carbons (Fsp3) is 0.722. The van der Waals surface area contributed by atoms with Gasteiger partial charge in [0.2, 0.25) is 11.9 Å². The van der Waals surface area contributed by atoms with Crippen LogP contribution in [0.25, 0.3) is 5.65 Å². The summed E-state index contributed by atoms with van der Waals surface area (Å²) < 4.78 is 7.31. The van der Waals surface area contributed by atoms with E-state index in [0.717, 1.165) is 69.1 Å². The Balaban J connectivity index is 1.65. The van der Waals surface area contributed by atoms with E-state index in [9.17, 15) is 0 Å². The molecule has 8 nitrogen and oxygen atoms in total. The Bertz CT molecular complexity index is 732. The highest BCUT2D eigenvalue weighted by Crippen LogP contribution is 2.24. The van der Waals surface area contributed by atoms with Crippen LogP contribution in [0.2, 0.25) is 0 Å². The molecule has 0 bridgehead atoms. The zero-order valence-electron chi connectivity index (χ0n) is 15.7. The summed E-state index contributed by atoms with van der Waals surface area (Å²) >= 11 is 0. The molecule has 2 aromatic heterocycles. The summed E-state index contributed by atoms with van der Waals surface area (Å²) in [5.41, 5.74) is 2.04. The van der Waals surface area contributed by atoms with Crippen molar-refractivity contribution in [2.24, 2.45) is 0 Å². The molecule has 2 aliphatic heterocycles. The lowest BCUT2D eigenvalue weighted by atomic mass is 10.1. The maximum absolute atomic E-state index is 5.46. The number of anilines is 2. The molecular formula is C18H29N7O. The van der Waals surface area contributed by atoms with Crippen molar-refractivity contribution in [2.45, 2.75) is 57.5 Å². The summed E-state index contributed by atoms with van der Waals surface area (Å²) in [5.74, 6) is 1.83. The third-order valence-corrected chi connectivity index (χ3v) is 5.24. The first-order chi connectivity index (χ1) is 12.7. The largest absolute Gasteiger partial charge is 0.381 e. The SMILES string of the molecule is CC(C)c1cnn2c(NC3CCNCC3)nc(NC3CCOCC3)nc12. The number of hydrogen-bond acceptors (Lipinski definition) is 7. The van der Waals surface area contributed by atoms with Gasteiger partial charge in [-0.1, -0.05) is 13.8 Å². The molecule has 0 spiro atoms. The first-order valence-corrected chi connectivity index (χ1v) is 9.78. The fourth-order valence-corrected chi connectivity index (χ4v) is 3.63. The molecule has 0 atom stereocenters. The first kappa shape index (κ1) is 17.5. The maximum Gasteiger partial charge on any atom is 0.229 e. The van der Waals surface area contributed by atoms with E-state index in [2.05, 4.69) is 34.9 Å². The van der Waals surface area contributed by atoms with Crippen molar-refractivity contribution in [3.05, 3.63) is 11.8 Å². The van der Waals surface area contributed by atoms with Gasteiger partial charge >= 0.3 is 0 Å². The molecule has 2 saturated heterocycles. The zero-order valence-corrected chi connectivity index (χ0v) is 15.7. The van der Waals surface area contributed by atoms with Gasteiger partial charge in [0.25, 0.3) is 0 Å². The number of hydrogen-bond donors (Lipinski definition) is 3. The van der Waals surface area contributed by atoms with Gasteiger partial charge in [0.1, 0.15) is 0 Å². The molecule has 142 valence electrons. The minimum Gasteiger partial charge on any atom is -0.381 e. The molecule has 0 radical (unpaired) electrons. The van der Waals surface area contributed by atoms with Crippen molar-refractivity contribution in [2.75, 3.05) is 36.9 Å². The molecule has 0 aliphatic carbocycles. The third-order valence-electron chi connectivity index (χ3n) is 5.24. The number of nitrogens with one attached hydrogen (secondary N) is 3. The van der Waals surface area contributed by atoms with Crippen LogP contribution in [0.15, 0.2) is 6.20 Å². The van der Waals surface area contributed by atoms with E-state index in [1.54, 1.807) is 0 Å². The minimum atomic E-state index is 0.364. The van der Waals surface area contributed by atoms with Gasteiger partial charge in [0, 0.05) is 30.9 Å². The quantitative estimate of drug-likeness (QED) is 0.752. The fourth-order valence-electron chi connectivity index (χ4n) is 3.63. The summed E-state index contributed by atoms with van der Waals surface area (Å²) in [5, 5.41) is 15.1. The summed E-state index contributed by atoms with van der Waals surface area (Å²) in [6.45, 7) is 8.01. The van der Waals surface area contributed by atoms with Crippen LogP contribution < -0.4 is 16.0 Å². The van der Waals surface area contributed by atoms with E-state index >= 15 is 0 Å². The normalized spacial score (nSPS) is 20.0. The van der Waals surface area contributed by atoms with Crippen molar-refractivity contribution in [3.8, 4) is 0 Å². The van der Waals surface area contributed by atoms with Crippen LogP contribution in [0.3, 0.4) is 0 Å². The van der Waals surface area contributed by atoms with Crippen LogP contribution >= 0.6 is 0 Å². The lowest BCUT2D eigenvalue weighted by Crippen LogP contribution is -2.36. The van der Waals surface area contributed by atoms with Gasteiger partial charge in [-0.05, 0) is 44.7 Å². The predicted octanol–water partition coefficient (Wildman–Crippen LogP) is 2.00. The number of fused-ring (bicyclic) bond motifs is 1. The Kier molecular flexibility index (Phi) is 5.21. The summed E-state index contributed by atoms with van der Waals surface area (Å²) in [4.78, 5) is 9.56. The third kappa shape index (κ3) is 3.76. The van der Waals surface area contributed by atoms with Crippen LogP contribution in [0.4, 0.5) is 11.9 Å². The van der Waals surface area contributed by atoms with Crippen molar-refractivity contribution < 1.29 is 4.74 Å². The number of ether oxygens (including phenoxy) is 1. The molecule has 4 rings (SSSR count). The smallest absolute Gasteiger partial charge is 0.229 e. The van der Waals surface area contributed by atoms with Crippen molar-refractivity contribution in [1.82, 2.24) is 24.9 Å². The van der Waals surface area contributed by atoms with E-state index in [0.29, 0.717) is 23.9 Å². The van der Waals surface area contributed by atoms with Crippen molar-refractivity contribution in [1.29, 1.82) is 0 Å². The number of piperidine rings is 1. The molecule has 0 unspecified atom stereocenters. The monoisotopic (exact) mass is 359 g/mol. The topological polar surface area (TPSA) is 88.4 Å². The van der Waals surface area contributed by atoms with E-state index in [-0.39, 0.29) is 0 Å². The van der Waals surface area contributed by atoms with E-state index in [4.69, 9.17) is 14.7 Å². The Morgan fingerprint density at radius 3 is 2.54 bits per heavy atom. The number of rotatable bonds is 5. The standard InChI is InChI=1S/C18H29N7O/c1-12(2)15-11-20-25-16(15)23-17(21-14-5-9-26-10-6-14)24-18(25)22-13-3-7-19-8-4-13/h11-14,19H,3-10H2,1-2H3,(H2,21,22,23,24). The van der Waals surface area contributed by atoms with Crippen molar-refractivity contribution >= 4 is 17.5 Å². The predicted molar refractivity (Wildman–Crippen MR) is 102 cm³/mol. The molecule has 0 aromatic carbocycles. The van der Waals surface area contributed by atoms with Crippen LogP contribution in [0.1, 0.15) is 51.0 Å². The molecular weight excluding hydrogens is 330 g/mol. The second-order valence-corrected chi connectivity index (χ2v) is 7.56. The number of nitrogens with zero attached hydrogens (tertiary/aromatic N) is 4. The van der Waals surface area contributed by atoms with Gasteiger partial charge in [-0.3, -0.25) is 0 Å². The van der Waals surface area contributed by atoms with Gasteiger partial charge in [0.15, 0.2) is 5.65 Å². The first-order valence-electron chi connectivity index (χ1n) is 9.78. The molecule has 0 saturated carbocycles. The molecule has 2 aliphatic rings. The minimum absolute atomic E-state index is 0.364. The summed E-state index contributed by atoms with van der Waals surface area (Å²) in [6.07, 6.45) is 6.07. The molecule has 2 fully saturated rings. The van der Waals surface area contributed by atoms with E-state index in [1.807, 2.05) is 10.7 Å². The van der Waals surface area contributed by atoms with Gasteiger partial charge in [-0.25, -0.2) is 0 Å². The highest BCUT2D eigenvalue weighted by Gasteiger charge is 2.21. The molecule has 3 N–H and O–H groups in total. The lowest BCUT2D eigenvalue weighted by molar-refractivity contribution is 0.0903.